The van der Waals surface area contributed by atoms with Gasteiger partial charge in [-0.1, -0.05) is 66.2 Å². The average molecular weight is 431 g/mol. The van der Waals surface area contributed by atoms with Gasteiger partial charge >= 0.3 is 0 Å². The number of benzene rings is 3. The Bertz CT molecular complexity index is 982. The van der Waals surface area contributed by atoms with Crippen LogP contribution in [0.2, 0.25) is 0 Å². The molecule has 1 unspecified atom stereocenters. The lowest BCUT2D eigenvalue weighted by Crippen LogP contribution is -2.33. The predicted molar refractivity (Wildman–Crippen MR) is 130 cm³/mol. The van der Waals surface area contributed by atoms with E-state index in [2.05, 4.69) is 71.7 Å². The molecule has 0 saturated carbocycles. The predicted octanol–water partition coefficient (Wildman–Crippen LogP) is 5.36. The molecule has 1 fully saturated rings. The van der Waals surface area contributed by atoms with Crippen molar-refractivity contribution in [3.63, 3.8) is 0 Å². The maximum atomic E-state index is 6.15. The van der Waals surface area contributed by atoms with E-state index in [-0.39, 0.29) is 6.04 Å². The summed E-state index contributed by atoms with van der Waals surface area (Å²) in [5, 5.41) is 3.53. The van der Waals surface area contributed by atoms with Crippen LogP contribution in [0.1, 0.15) is 41.6 Å². The summed E-state index contributed by atoms with van der Waals surface area (Å²) in [5.74, 6) is 1.60. The fourth-order valence-corrected chi connectivity index (χ4v) is 4.40. The smallest absolute Gasteiger partial charge is 0.161 e. The first-order valence-corrected chi connectivity index (χ1v) is 11.7. The van der Waals surface area contributed by atoms with Crippen molar-refractivity contribution in [2.24, 2.45) is 0 Å². The van der Waals surface area contributed by atoms with Crippen molar-refractivity contribution in [3.05, 3.63) is 95.1 Å². The molecule has 0 aliphatic carbocycles. The van der Waals surface area contributed by atoms with Crippen LogP contribution in [-0.4, -0.2) is 37.7 Å². The van der Waals surface area contributed by atoms with E-state index >= 15 is 0 Å². The molecular weight excluding hydrogens is 396 g/mol. The second-order valence-electron chi connectivity index (χ2n) is 8.37. The highest BCUT2D eigenvalue weighted by Crippen LogP contribution is 2.36. The number of nitrogens with one attached hydrogen (secondary N) is 1. The molecule has 3 aromatic carbocycles. The van der Waals surface area contributed by atoms with E-state index in [1.54, 1.807) is 0 Å². The molecule has 0 bridgehead atoms. The topological polar surface area (TPSA) is 33.7 Å². The molecule has 1 saturated heterocycles. The standard InChI is InChI=1S/C28H34N2O2/c1-3-31-27-20-25(13-14-26(27)32-21-23-10-5-4-6-11-23)28(24-12-7-9-22(2)19-24)30-17-8-15-29-16-18-30/h4-7,9-14,19-20,28-29H,3,8,15-18,21H2,1-2H3. The fourth-order valence-electron chi connectivity index (χ4n) is 4.40. The second-order valence-corrected chi connectivity index (χ2v) is 8.37. The Hall–Kier alpha value is -2.82. The van der Waals surface area contributed by atoms with Crippen molar-refractivity contribution in [2.75, 3.05) is 32.8 Å². The highest BCUT2D eigenvalue weighted by atomic mass is 16.5. The van der Waals surface area contributed by atoms with Crippen LogP contribution in [0.4, 0.5) is 0 Å². The van der Waals surface area contributed by atoms with Crippen LogP contribution in [-0.2, 0) is 6.61 Å². The molecule has 1 heterocycles. The van der Waals surface area contributed by atoms with Crippen LogP contribution in [0.5, 0.6) is 11.5 Å². The van der Waals surface area contributed by atoms with Crippen molar-refractivity contribution in [2.45, 2.75) is 32.9 Å². The largest absolute Gasteiger partial charge is 0.490 e. The molecular formula is C28H34N2O2. The molecule has 3 aromatic rings. The van der Waals surface area contributed by atoms with Crippen LogP contribution in [0.25, 0.3) is 0 Å². The summed E-state index contributed by atoms with van der Waals surface area (Å²) in [6.45, 7) is 9.50. The fraction of sp³-hybridized carbons (Fsp3) is 0.357. The lowest BCUT2D eigenvalue weighted by Gasteiger charge is -2.32. The van der Waals surface area contributed by atoms with Gasteiger partial charge < -0.3 is 14.8 Å². The van der Waals surface area contributed by atoms with Crippen LogP contribution < -0.4 is 14.8 Å². The Balaban J connectivity index is 1.66. The van der Waals surface area contributed by atoms with Gasteiger partial charge in [-0.3, -0.25) is 4.90 Å². The summed E-state index contributed by atoms with van der Waals surface area (Å²) in [6.07, 6.45) is 1.15. The number of nitrogens with zero attached hydrogens (tertiary/aromatic N) is 1. The van der Waals surface area contributed by atoms with Gasteiger partial charge in [0.25, 0.3) is 0 Å². The first-order valence-electron chi connectivity index (χ1n) is 11.7. The van der Waals surface area contributed by atoms with Gasteiger partial charge in [-0.2, -0.15) is 0 Å². The van der Waals surface area contributed by atoms with Crippen LogP contribution in [0.3, 0.4) is 0 Å². The van der Waals surface area contributed by atoms with E-state index in [1.165, 1.54) is 16.7 Å². The van der Waals surface area contributed by atoms with Crippen LogP contribution in [0.15, 0.2) is 72.8 Å². The minimum absolute atomic E-state index is 0.192. The summed E-state index contributed by atoms with van der Waals surface area (Å²) in [7, 11) is 0. The first-order chi connectivity index (χ1) is 15.7. The minimum Gasteiger partial charge on any atom is -0.490 e. The lowest BCUT2D eigenvalue weighted by molar-refractivity contribution is 0.238. The van der Waals surface area contributed by atoms with Crippen molar-refractivity contribution >= 4 is 0 Å². The third kappa shape index (κ3) is 5.70. The number of hydrogen-bond donors (Lipinski definition) is 1. The molecule has 0 amide bonds. The summed E-state index contributed by atoms with van der Waals surface area (Å²) in [4.78, 5) is 2.59. The summed E-state index contributed by atoms with van der Waals surface area (Å²) < 4.78 is 12.2. The van der Waals surface area contributed by atoms with E-state index in [9.17, 15) is 0 Å². The monoisotopic (exact) mass is 430 g/mol. The molecule has 0 spiro atoms. The summed E-state index contributed by atoms with van der Waals surface area (Å²) in [6, 6.07) is 25.8. The van der Waals surface area contributed by atoms with E-state index < -0.39 is 0 Å². The Kier molecular flexibility index (Phi) is 7.81. The zero-order valence-corrected chi connectivity index (χ0v) is 19.2. The quantitative estimate of drug-likeness (QED) is 0.522. The third-order valence-electron chi connectivity index (χ3n) is 5.92. The van der Waals surface area contributed by atoms with Gasteiger partial charge in [0.15, 0.2) is 11.5 Å². The average Bonchev–Trinajstić information content (AvgIpc) is 3.09. The van der Waals surface area contributed by atoms with Crippen molar-refractivity contribution in [1.29, 1.82) is 0 Å². The molecule has 0 aromatic heterocycles. The van der Waals surface area contributed by atoms with Gasteiger partial charge in [-0.05, 0) is 55.6 Å². The van der Waals surface area contributed by atoms with Crippen LogP contribution in [0, 0.1) is 6.92 Å². The van der Waals surface area contributed by atoms with Crippen molar-refractivity contribution in [1.82, 2.24) is 10.2 Å². The van der Waals surface area contributed by atoms with Crippen molar-refractivity contribution < 1.29 is 9.47 Å². The number of ether oxygens (including phenoxy) is 2. The second kappa shape index (κ2) is 11.2. The Morgan fingerprint density at radius 3 is 2.50 bits per heavy atom. The SMILES string of the molecule is CCOc1cc(C(c2cccc(C)c2)N2CCCNCC2)ccc1OCc1ccccc1. The van der Waals surface area contributed by atoms with Crippen molar-refractivity contribution in [3.8, 4) is 11.5 Å². The summed E-state index contributed by atoms with van der Waals surface area (Å²) in [5.41, 5.74) is 5.00. The number of rotatable bonds is 8. The molecule has 1 aliphatic heterocycles. The molecule has 4 nitrogen and oxygen atoms in total. The highest BCUT2D eigenvalue weighted by molar-refractivity contribution is 5.46. The molecule has 168 valence electrons. The van der Waals surface area contributed by atoms with Gasteiger partial charge in [-0.25, -0.2) is 0 Å². The highest BCUT2D eigenvalue weighted by Gasteiger charge is 2.24. The maximum Gasteiger partial charge on any atom is 0.161 e. The summed E-state index contributed by atoms with van der Waals surface area (Å²) >= 11 is 0. The Morgan fingerprint density at radius 1 is 0.844 bits per heavy atom. The van der Waals surface area contributed by atoms with Gasteiger partial charge in [0.05, 0.1) is 12.6 Å². The molecule has 0 radical (unpaired) electrons. The van der Waals surface area contributed by atoms with E-state index in [1.807, 2.05) is 25.1 Å². The third-order valence-corrected chi connectivity index (χ3v) is 5.92. The first kappa shape index (κ1) is 22.4. The van der Waals surface area contributed by atoms with Crippen LogP contribution >= 0.6 is 0 Å². The normalized spacial score (nSPS) is 15.7. The van der Waals surface area contributed by atoms with Gasteiger partial charge in [0.2, 0.25) is 0 Å². The maximum absolute atomic E-state index is 6.15. The molecule has 32 heavy (non-hydrogen) atoms. The van der Waals surface area contributed by atoms with E-state index in [0.29, 0.717) is 13.2 Å². The van der Waals surface area contributed by atoms with E-state index in [0.717, 1.165) is 49.7 Å². The molecule has 1 atom stereocenters. The van der Waals surface area contributed by atoms with Gasteiger partial charge in [0, 0.05) is 19.6 Å². The Morgan fingerprint density at radius 2 is 1.69 bits per heavy atom. The van der Waals surface area contributed by atoms with Gasteiger partial charge in [-0.15, -0.1) is 0 Å². The molecule has 1 aliphatic rings. The molecule has 4 heteroatoms. The van der Waals surface area contributed by atoms with Gasteiger partial charge in [0.1, 0.15) is 6.61 Å². The number of hydrogen-bond acceptors (Lipinski definition) is 4. The zero-order valence-electron chi connectivity index (χ0n) is 19.2. The minimum atomic E-state index is 0.192. The zero-order chi connectivity index (χ0) is 22.2. The Labute approximate surface area is 192 Å². The number of aryl methyl sites for hydroxylation is 1. The lowest BCUT2D eigenvalue weighted by atomic mass is 9.95. The van der Waals surface area contributed by atoms with E-state index in [4.69, 9.17) is 9.47 Å². The molecule has 1 N–H and O–H groups in total. The molecule has 4 rings (SSSR count).